The second-order valence-corrected chi connectivity index (χ2v) is 6.07. The Bertz CT molecular complexity index is 403. The Morgan fingerprint density at radius 3 is 2.62 bits per heavy atom. The van der Waals surface area contributed by atoms with E-state index in [9.17, 15) is 5.11 Å². The minimum Gasteiger partial charge on any atom is -0.391 e. The third-order valence-corrected chi connectivity index (χ3v) is 4.18. The fourth-order valence-electron chi connectivity index (χ4n) is 2.41. The molecule has 1 heterocycles. The van der Waals surface area contributed by atoms with Gasteiger partial charge in [-0.05, 0) is 44.9 Å². The fourth-order valence-corrected chi connectivity index (χ4v) is 2.78. The molecule has 1 fully saturated rings. The maximum absolute atomic E-state index is 9.77. The van der Waals surface area contributed by atoms with Crippen LogP contribution >= 0.6 is 15.9 Å². The molecule has 0 bridgehead atoms. The van der Waals surface area contributed by atoms with Crippen LogP contribution in [0, 0.1) is 6.92 Å². The van der Waals surface area contributed by atoms with Crippen LogP contribution in [0.15, 0.2) is 22.7 Å². The molecule has 1 aliphatic heterocycles. The van der Waals surface area contributed by atoms with Crippen molar-refractivity contribution in [2.45, 2.75) is 38.8 Å². The number of aryl methyl sites for hydroxylation is 1. The van der Waals surface area contributed by atoms with Crippen molar-refractivity contribution in [3.63, 3.8) is 0 Å². The molecule has 3 heteroatoms. The van der Waals surface area contributed by atoms with Crippen LogP contribution in [-0.2, 0) is 0 Å². The first kappa shape index (κ1) is 11.9. The van der Waals surface area contributed by atoms with E-state index in [-0.39, 0.29) is 11.6 Å². The average molecular weight is 284 g/mol. The van der Waals surface area contributed by atoms with Gasteiger partial charge in [0.05, 0.1) is 6.10 Å². The molecule has 1 saturated heterocycles. The smallest absolute Gasteiger partial charge is 0.0737 e. The van der Waals surface area contributed by atoms with Gasteiger partial charge in [-0.1, -0.05) is 22.0 Å². The van der Waals surface area contributed by atoms with Gasteiger partial charge < -0.3 is 10.0 Å². The molecule has 0 aromatic heterocycles. The Balaban J connectivity index is 2.34. The number of aliphatic hydroxyl groups excluding tert-OH is 1. The number of nitrogens with zero attached hydrogens (tertiary/aromatic N) is 1. The molecule has 1 unspecified atom stereocenters. The van der Waals surface area contributed by atoms with E-state index in [0.29, 0.717) is 0 Å². The van der Waals surface area contributed by atoms with Gasteiger partial charge in [0, 0.05) is 22.2 Å². The van der Waals surface area contributed by atoms with Crippen molar-refractivity contribution in [1.82, 2.24) is 0 Å². The van der Waals surface area contributed by atoms with Gasteiger partial charge in [-0.3, -0.25) is 0 Å². The van der Waals surface area contributed by atoms with Gasteiger partial charge in [-0.15, -0.1) is 0 Å². The molecule has 1 atom stereocenters. The molecule has 1 aromatic rings. The molecule has 0 spiro atoms. The molecule has 16 heavy (non-hydrogen) atoms. The highest BCUT2D eigenvalue weighted by atomic mass is 79.9. The molecule has 1 N–H and O–H groups in total. The van der Waals surface area contributed by atoms with Crippen molar-refractivity contribution in [3.8, 4) is 0 Å². The summed E-state index contributed by atoms with van der Waals surface area (Å²) in [7, 11) is 0. The Labute approximate surface area is 105 Å². The van der Waals surface area contributed by atoms with Crippen molar-refractivity contribution >= 4 is 21.6 Å². The number of benzene rings is 1. The van der Waals surface area contributed by atoms with E-state index in [1.807, 2.05) is 0 Å². The summed E-state index contributed by atoms with van der Waals surface area (Å²) < 4.78 is 1.13. The maximum atomic E-state index is 9.77. The summed E-state index contributed by atoms with van der Waals surface area (Å²) in [6, 6.07) is 6.37. The summed E-state index contributed by atoms with van der Waals surface area (Å²) in [5.74, 6) is 0. The van der Waals surface area contributed by atoms with Crippen LogP contribution in [0.1, 0.15) is 25.8 Å². The van der Waals surface area contributed by atoms with Crippen LogP contribution in [0.4, 0.5) is 5.69 Å². The third-order valence-electron chi connectivity index (χ3n) is 3.33. The van der Waals surface area contributed by atoms with Crippen molar-refractivity contribution < 1.29 is 5.11 Å². The number of hydrogen-bond donors (Lipinski definition) is 1. The maximum Gasteiger partial charge on any atom is 0.0737 e. The monoisotopic (exact) mass is 283 g/mol. The normalized spacial score (nSPS) is 23.8. The van der Waals surface area contributed by atoms with E-state index < -0.39 is 0 Å². The summed E-state index contributed by atoms with van der Waals surface area (Å²) in [5, 5.41) is 9.77. The Morgan fingerprint density at radius 1 is 1.44 bits per heavy atom. The highest BCUT2D eigenvalue weighted by Gasteiger charge is 2.37. The topological polar surface area (TPSA) is 23.5 Å². The number of rotatable bonds is 1. The van der Waals surface area contributed by atoms with Crippen molar-refractivity contribution in [1.29, 1.82) is 0 Å². The standard InChI is InChI=1S/C13H18BrNO/c1-9-4-5-10(6-12(9)14)15-8-11(16)7-13(15,2)3/h4-6,11,16H,7-8H2,1-3H3. The molecule has 1 aliphatic rings. The van der Waals surface area contributed by atoms with Gasteiger partial charge in [-0.2, -0.15) is 0 Å². The predicted octanol–water partition coefficient (Wildman–Crippen LogP) is 3.11. The molecular weight excluding hydrogens is 266 g/mol. The molecule has 88 valence electrons. The van der Waals surface area contributed by atoms with Crippen molar-refractivity contribution in [3.05, 3.63) is 28.2 Å². The summed E-state index contributed by atoms with van der Waals surface area (Å²) in [6.45, 7) is 7.16. The minimum atomic E-state index is -0.213. The van der Waals surface area contributed by atoms with E-state index in [1.165, 1.54) is 11.3 Å². The van der Waals surface area contributed by atoms with Crippen LogP contribution in [-0.4, -0.2) is 23.3 Å². The van der Waals surface area contributed by atoms with Gasteiger partial charge in [0.25, 0.3) is 0 Å². The van der Waals surface area contributed by atoms with E-state index in [1.54, 1.807) is 0 Å². The zero-order valence-corrected chi connectivity index (χ0v) is 11.6. The molecular formula is C13H18BrNO. The van der Waals surface area contributed by atoms with Gasteiger partial charge in [0.15, 0.2) is 0 Å². The number of hydrogen-bond acceptors (Lipinski definition) is 2. The largest absolute Gasteiger partial charge is 0.391 e. The van der Waals surface area contributed by atoms with Gasteiger partial charge in [0.1, 0.15) is 0 Å². The Hall–Kier alpha value is -0.540. The lowest BCUT2D eigenvalue weighted by atomic mass is 10.0. The average Bonchev–Trinajstić information content (AvgIpc) is 2.44. The zero-order chi connectivity index (χ0) is 11.9. The molecule has 2 nitrogen and oxygen atoms in total. The number of anilines is 1. The second-order valence-electron chi connectivity index (χ2n) is 5.21. The SMILES string of the molecule is Cc1ccc(N2CC(O)CC2(C)C)cc1Br. The van der Waals surface area contributed by atoms with Gasteiger partial charge in [-0.25, -0.2) is 0 Å². The van der Waals surface area contributed by atoms with Crippen LogP contribution in [0.25, 0.3) is 0 Å². The molecule has 2 rings (SSSR count). The van der Waals surface area contributed by atoms with Crippen LogP contribution in [0.5, 0.6) is 0 Å². The number of aliphatic hydroxyl groups is 1. The Kier molecular flexibility index (Phi) is 3.01. The number of β-amino-alcohol motifs (C(OH)–C–C–N with tert-alkyl or cyclic N) is 1. The first-order chi connectivity index (χ1) is 7.40. The third kappa shape index (κ3) is 2.11. The molecule has 1 aromatic carbocycles. The second kappa shape index (κ2) is 4.04. The lowest BCUT2D eigenvalue weighted by molar-refractivity contribution is 0.188. The number of halogens is 1. The lowest BCUT2D eigenvalue weighted by Crippen LogP contribution is -2.38. The highest BCUT2D eigenvalue weighted by Crippen LogP contribution is 2.35. The lowest BCUT2D eigenvalue weighted by Gasteiger charge is -2.33. The summed E-state index contributed by atoms with van der Waals surface area (Å²) >= 11 is 3.56. The first-order valence-electron chi connectivity index (χ1n) is 5.62. The van der Waals surface area contributed by atoms with Gasteiger partial charge >= 0.3 is 0 Å². The van der Waals surface area contributed by atoms with E-state index in [4.69, 9.17) is 0 Å². The van der Waals surface area contributed by atoms with Crippen molar-refractivity contribution in [2.24, 2.45) is 0 Å². The quantitative estimate of drug-likeness (QED) is 0.856. The zero-order valence-electron chi connectivity index (χ0n) is 10.00. The van der Waals surface area contributed by atoms with Crippen LogP contribution in [0.3, 0.4) is 0 Å². The van der Waals surface area contributed by atoms with Gasteiger partial charge in [0.2, 0.25) is 0 Å². The fraction of sp³-hybridized carbons (Fsp3) is 0.538. The molecule has 0 radical (unpaired) electrons. The predicted molar refractivity (Wildman–Crippen MR) is 70.9 cm³/mol. The highest BCUT2D eigenvalue weighted by molar-refractivity contribution is 9.10. The summed E-state index contributed by atoms with van der Waals surface area (Å²) in [4.78, 5) is 2.28. The van der Waals surface area contributed by atoms with Crippen LogP contribution < -0.4 is 4.90 Å². The molecule has 0 saturated carbocycles. The van der Waals surface area contributed by atoms with Crippen molar-refractivity contribution in [2.75, 3.05) is 11.4 Å². The van der Waals surface area contributed by atoms with E-state index in [2.05, 4.69) is 59.8 Å². The summed E-state index contributed by atoms with van der Waals surface area (Å²) in [6.07, 6.45) is 0.619. The Morgan fingerprint density at radius 2 is 2.12 bits per heavy atom. The van der Waals surface area contributed by atoms with E-state index >= 15 is 0 Å². The van der Waals surface area contributed by atoms with E-state index in [0.717, 1.165) is 17.4 Å². The van der Waals surface area contributed by atoms with Crippen LogP contribution in [0.2, 0.25) is 0 Å². The molecule has 0 aliphatic carbocycles. The minimum absolute atomic E-state index is 0.0358. The first-order valence-corrected chi connectivity index (χ1v) is 6.41. The molecule has 0 amide bonds. The summed E-state index contributed by atoms with van der Waals surface area (Å²) in [5.41, 5.74) is 2.45.